The van der Waals surface area contributed by atoms with Gasteiger partial charge in [0, 0.05) is 25.0 Å². The second kappa shape index (κ2) is 6.61. The molecule has 1 saturated heterocycles. The molecule has 2 rings (SSSR count). The minimum atomic E-state index is 0.598. The maximum absolute atomic E-state index is 5.66. The number of aryl methyl sites for hydroxylation is 1. The Morgan fingerprint density at radius 2 is 2.25 bits per heavy atom. The fraction of sp³-hybridized carbons (Fsp3) is 0.615. The van der Waals surface area contributed by atoms with E-state index in [9.17, 15) is 0 Å². The van der Waals surface area contributed by atoms with E-state index < -0.39 is 0 Å². The lowest BCUT2D eigenvalue weighted by Crippen LogP contribution is -2.26. The topological polar surface area (TPSA) is 34.1 Å². The molecule has 1 atom stereocenters. The first-order chi connectivity index (χ1) is 7.95. The van der Waals surface area contributed by atoms with Crippen LogP contribution in [-0.2, 0) is 11.2 Å². The quantitative estimate of drug-likeness (QED) is 0.742. The van der Waals surface area contributed by atoms with Crippen LogP contribution in [0.1, 0.15) is 24.8 Å². The van der Waals surface area contributed by atoms with Gasteiger partial charge in [-0.2, -0.15) is 0 Å². The highest BCUT2D eigenvalue weighted by Gasteiger charge is 2.13. The first-order valence-corrected chi connectivity index (χ1v) is 6.15. The number of pyridine rings is 1. The second-order valence-corrected chi connectivity index (χ2v) is 4.33. The lowest BCUT2D eigenvalue weighted by atomic mass is 10.1. The van der Waals surface area contributed by atoms with Gasteiger partial charge in [-0.25, -0.2) is 0 Å². The molecule has 1 aromatic heterocycles. The van der Waals surface area contributed by atoms with Crippen molar-refractivity contribution in [3.05, 3.63) is 30.1 Å². The molecule has 0 amide bonds. The third-order valence-corrected chi connectivity index (χ3v) is 2.98. The van der Waals surface area contributed by atoms with Crippen molar-refractivity contribution in [1.29, 1.82) is 0 Å². The van der Waals surface area contributed by atoms with Crippen LogP contribution in [0.2, 0.25) is 0 Å². The summed E-state index contributed by atoms with van der Waals surface area (Å²) in [5.74, 6) is 0. The fourth-order valence-corrected chi connectivity index (χ4v) is 2.05. The monoisotopic (exact) mass is 220 g/mol. The average Bonchev–Trinajstić information content (AvgIpc) is 2.83. The molecule has 1 fully saturated rings. The van der Waals surface area contributed by atoms with Gasteiger partial charge in [-0.1, -0.05) is 0 Å². The normalized spacial score (nSPS) is 20.1. The van der Waals surface area contributed by atoms with Crippen molar-refractivity contribution in [3.63, 3.8) is 0 Å². The lowest BCUT2D eigenvalue weighted by Gasteiger charge is -2.10. The molecule has 3 nitrogen and oxygen atoms in total. The van der Waals surface area contributed by atoms with Gasteiger partial charge in [-0.3, -0.25) is 4.98 Å². The van der Waals surface area contributed by atoms with E-state index in [4.69, 9.17) is 4.74 Å². The molecule has 1 aromatic rings. The number of hydrogen-bond donors (Lipinski definition) is 1. The molecule has 2 heterocycles. The van der Waals surface area contributed by atoms with Crippen molar-refractivity contribution in [2.24, 2.45) is 0 Å². The van der Waals surface area contributed by atoms with Crippen molar-refractivity contribution in [3.8, 4) is 0 Å². The summed E-state index contributed by atoms with van der Waals surface area (Å²) in [5.41, 5.74) is 1.34. The number of nitrogens with zero attached hydrogens (tertiary/aromatic N) is 1. The van der Waals surface area contributed by atoms with Crippen LogP contribution in [0, 0.1) is 0 Å². The number of rotatable bonds is 6. The molecule has 0 unspecified atom stereocenters. The predicted octanol–water partition coefficient (Wildman–Crippen LogP) is 1.78. The van der Waals surface area contributed by atoms with Crippen molar-refractivity contribution >= 4 is 0 Å². The number of ether oxygens (including phenoxy) is 1. The number of hydrogen-bond acceptors (Lipinski definition) is 3. The van der Waals surface area contributed by atoms with E-state index in [-0.39, 0.29) is 0 Å². The molecule has 88 valence electrons. The van der Waals surface area contributed by atoms with Gasteiger partial charge in [0.1, 0.15) is 0 Å². The highest BCUT2D eigenvalue weighted by molar-refractivity contribution is 5.09. The highest BCUT2D eigenvalue weighted by atomic mass is 16.5. The molecule has 1 N–H and O–H groups in total. The van der Waals surface area contributed by atoms with E-state index in [1.54, 1.807) is 0 Å². The van der Waals surface area contributed by atoms with Crippen molar-refractivity contribution in [2.75, 3.05) is 19.8 Å². The van der Waals surface area contributed by atoms with Crippen LogP contribution in [0.5, 0.6) is 0 Å². The number of nitrogens with one attached hydrogen (secondary N) is 1. The van der Waals surface area contributed by atoms with E-state index in [2.05, 4.69) is 22.4 Å². The van der Waals surface area contributed by atoms with Gasteiger partial charge in [-0.15, -0.1) is 0 Å². The van der Waals surface area contributed by atoms with Crippen LogP contribution in [0.4, 0.5) is 0 Å². The minimum absolute atomic E-state index is 0.598. The van der Waals surface area contributed by atoms with Gasteiger partial charge in [0.2, 0.25) is 0 Å². The maximum Gasteiger partial charge on any atom is 0.0619 e. The fourth-order valence-electron chi connectivity index (χ4n) is 2.05. The average molecular weight is 220 g/mol. The molecule has 16 heavy (non-hydrogen) atoms. The summed E-state index contributed by atoms with van der Waals surface area (Å²) in [6, 6.07) is 4.73. The van der Waals surface area contributed by atoms with Crippen LogP contribution in [0.25, 0.3) is 0 Å². The summed E-state index contributed by atoms with van der Waals surface area (Å²) in [7, 11) is 0. The molecule has 0 bridgehead atoms. The van der Waals surface area contributed by atoms with Crippen molar-refractivity contribution in [2.45, 2.75) is 31.7 Å². The van der Waals surface area contributed by atoms with Crippen LogP contribution in [0.3, 0.4) is 0 Å². The third-order valence-electron chi connectivity index (χ3n) is 2.98. The summed E-state index contributed by atoms with van der Waals surface area (Å²) in [5, 5.41) is 3.43. The first kappa shape index (κ1) is 11.6. The molecule has 1 aliphatic heterocycles. The van der Waals surface area contributed by atoms with E-state index in [0.29, 0.717) is 6.04 Å². The van der Waals surface area contributed by atoms with Gasteiger partial charge in [0.05, 0.1) is 6.61 Å². The Hall–Kier alpha value is -0.930. The van der Waals surface area contributed by atoms with Crippen LogP contribution >= 0.6 is 0 Å². The number of aromatic nitrogens is 1. The van der Waals surface area contributed by atoms with Crippen molar-refractivity contribution in [1.82, 2.24) is 10.3 Å². The SMILES string of the molecule is c1cc(CCCOC[C@H]2CCCN2)ccn1. The Morgan fingerprint density at radius 1 is 1.38 bits per heavy atom. The highest BCUT2D eigenvalue weighted by Crippen LogP contribution is 2.06. The van der Waals surface area contributed by atoms with Crippen LogP contribution in [-0.4, -0.2) is 30.8 Å². The molecule has 3 heteroatoms. The van der Waals surface area contributed by atoms with Gasteiger partial charge in [0.15, 0.2) is 0 Å². The third kappa shape index (κ3) is 3.91. The summed E-state index contributed by atoms with van der Waals surface area (Å²) in [4.78, 5) is 4.00. The molecule has 0 radical (unpaired) electrons. The van der Waals surface area contributed by atoms with E-state index >= 15 is 0 Å². The summed E-state index contributed by atoms with van der Waals surface area (Å²) >= 11 is 0. The maximum atomic E-state index is 5.66. The zero-order valence-electron chi connectivity index (χ0n) is 9.69. The zero-order valence-corrected chi connectivity index (χ0v) is 9.69. The van der Waals surface area contributed by atoms with Gasteiger partial charge < -0.3 is 10.1 Å². The second-order valence-electron chi connectivity index (χ2n) is 4.33. The lowest BCUT2D eigenvalue weighted by molar-refractivity contribution is 0.114. The van der Waals surface area contributed by atoms with Gasteiger partial charge >= 0.3 is 0 Å². The molecular weight excluding hydrogens is 200 g/mol. The first-order valence-electron chi connectivity index (χ1n) is 6.15. The van der Waals surface area contributed by atoms with E-state index in [1.807, 2.05) is 12.4 Å². The zero-order chi connectivity index (χ0) is 11.1. The van der Waals surface area contributed by atoms with Crippen LogP contribution < -0.4 is 5.32 Å². The smallest absolute Gasteiger partial charge is 0.0619 e. The molecule has 0 aliphatic carbocycles. The Balaban J connectivity index is 1.52. The summed E-state index contributed by atoms with van der Waals surface area (Å²) in [6.07, 6.45) is 8.43. The standard InChI is InChI=1S/C13H20N2O/c1-4-13(15-7-1)11-16-10-2-3-12-5-8-14-9-6-12/h5-6,8-9,13,15H,1-4,7,10-11H2/t13-/m1/s1. The van der Waals surface area contributed by atoms with Crippen molar-refractivity contribution < 1.29 is 4.74 Å². The van der Waals surface area contributed by atoms with E-state index in [1.165, 1.54) is 18.4 Å². The Kier molecular flexibility index (Phi) is 4.77. The molecular formula is C13H20N2O. The molecule has 0 spiro atoms. The summed E-state index contributed by atoms with van der Waals surface area (Å²) < 4.78 is 5.66. The Morgan fingerprint density at radius 3 is 3.00 bits per heavy atom. The Bertz CT molecular complexity index is 283. The van der Waals surface area contributed by atoms with Gasteiger partial charge in [0.25, 0.3) is 0 Å². The van der Waals surface area contributed by atoms with Crippen LogP contribution in [0.15, 0.2) is 24.5 Å². The minimum Gasteiger partial charge on any atom is -0.380 e. The summed E-state index contributed by atoms with van der Waals surface area (Å²) in [6.45, 7) is 2.89. The Labute approximate surface area is 97.2 Å². The van der Waals surface area contributed by atoms with E-state index in [0.717, 1.165) is 32.6 Å². The largest absolute Gasteiger partial charge is 0.380 e. The molecule has 0 saturated carbocycles. The van der Waals surface area contributed by atoms with Gasteiger partial charge in [-0.05, 0) is 49.9 Å². The molecule has 0 aromatic carbocycles. The molecule has 1 aliphatic rings. The predicted molar refractivity (Wildman–Crippen MR) is 64.4 cm³/mol.